The summed E-state index contributed by atoms with van der Waals surface area (Å²) in [6.07, 6.45) is 12.9. The normalized spacial score (nSPS) is 23.7. The monoisotopic (exact) mass is 450 g/mol. The summed E-state index contributed by atoms with van der Waals surface area (Å²) in [7, 11) is -1.92. The second-order valence-electron chi connectivity index (χ2n) is 12.6. The Hall–Kier alpha value is -1.54. The smallest absolute Gasteiger partial charge is 0.122 e. The molecule has 0 aliphatic heterocycles. The van der Waals surface area contributed by atoms with Crippen LogP contribution in [0.1, 0.15) is 78.9 Å². The number of hydrogen-bond donors (Lipinski definition) is 0. The maximum Gasteiger partial charge on any atom is 0.122 e. The number of rotatable bonds is 6. The first kappa shape index (κ1) is 25.1. The molecule has 3 unspecified atom stereocenters. The first-order valence-electron chi connectivity index (χ1n) is 12.6. The predicted octanol–water partition coefficient (Wildman–Crippen LogP) is 8.06. The van der Waals surface area contributed by atoms with Gasteiger partial charge in [0.1, 0.15) is 12.4 Å². The first-order chi connectivity index (χ1) is 14.8. The number of ether oxygens (including phenoxy) is 1. The van der Waals surface area contributed by atoms with Gasteiger partial charge in [0.2, 0.25) is 0 Å². The van der Waals surface area contributed by atoms with Gasteiger partial charge >= 0.3 is 0 Å². The molecule has 3 rings (SSSR count). The van der Waals surface area contributed by atoms with Crippen LogP contribution in [-0.4, -0.2) is 14.7 Å². The van der Waals surface area contributed by atoms with Crippen molar-refractivity contribution in [3.8, 4) is 5.75 Å². The van der Waals surface area contributed by atoms with Crippen molar-refractivity contribution in [1.29, 1.82) is 0 Å². The molecular weight excluding hydrogens is 404 g/mol. The molecule has 1 nitrogen and oxygen atoms in total. The van der Waals surface area contributed by atoms with Crippen LogP contribution in [0.4, 0.5) is 0 Å². The van der Waals surface area contributed by atoms with Crippen LogP contribution in [0.25, 0.3) is 0 Å². The number of hydrogen-bond acceptors (Lipinski definition) is 1. The zero-order valence-corrected chi connectivity index (χ0v) is 23.1. The second kappa shape index (κ2) is 9.01. The largest absolute Gasteiger partial charge is 0.489 e. The Labute approximate surface area is 199 Å². The Kier molecular flexibility index (Phi) is 7.06. The van der Waals surface area contributed by atoms with Gasteiger partial charge < -0.3 is 4.74 Å². The van der Waals surface area contributed by atoms with E-state index < -0.39 is 8.07 Å². The molecule has 2 aliphatic rings. The predicted molar refractivity (Wildman–Crippen MR) is 144 cm³/mol. The fourth-order valence-corrected chi connectivity index (χ4v) is 10.4. The highest BCUT2D eigenvalue weighted by molar-refractivity contribution is 6.92. The van der Waals surface area contributed by atoms with E-state index in [1.165, 1.54) is 35.6 Å². The van der Waals surface area contributed by atoms with Crippen LogP contribution in [0.5, 0.6) is 5.75 Å². The van der Waals surface area contributed by atoms with E-state index in [0.29, 0.717) is 12.1 Å². The molecule has 0 radical (unpaired) electrons. The summed E-state index contributed by atoms with van der Waals surface area (Å²) in [6, 6.07) is 4.95. The zero-order chi connectivity index (χ0) is 23.9. The second-order valence-corrected chi connectivity index (χ2v) is 17.2. The molecular formula is C30H46OSi. The maximum absolute atomic E-state index is 6.55. The molecule has 1 fully saturated rings. The Bertz CT molecular complexity index is 904. The van der Waals surface area contributed by atoms with E-state index in [4.69, 9.17) is 4.74 Å². The van der Waals surface area contributed by atoms with Crippen molar-refractivity contribution >= 4 is 13.3 Å². The van der Waals surface area contributed by atoms with Gasteiger partial charge in [0.05, 0.1) is 8.07 Å². The first-order valence-corrected chi connectivity index (χ1v) is 15.7. The Morgan fingerprint density at radius 3 is 2.34 bits per heavy atom. The molecule has 2 aliphatic carbocycles. The molecule has 0 heterocycles. The summed E-state index contributed by atoms with van der Waals surface area (Å²) in [5, 5.41) is 1.51. The summed E-state index contributed by atoms with van der Waals surface area (Å²) in [6.45, 7) is 26.1. The van der Waals surface area contributed by atoms with Gasteiger partial charge in [0.25, 0.3) is 0 Å². The van der Waals surface area contributed by atoms with Crippen molar-refractivity contribution in [3.05, 3.63) is 59.7 Å². The molecule has 1 aromatic carbocycles. The molecule has 176 valence electrons. The van der Waals surface area contributed by atoms with Crippen molar-refractivity contribution in [2.45, 2.75) is 97.2 Å². The highest BCUT2D eigenvalue weighted by Crippen LogP contribution is 2.54. The minimum atomic E-state index is -1.92. The molecule has 1 saturated carbocycles. The molecule has 0 amide bonds. The van der Waals surface area contributed by atoms with Crippen LogP contribution in [-0.2, 0) is 10.8 Å². The van der Waals surface area contributed by atoms with Crippen LogP contribution >= 0.6 is 0 Å². The number of benzene rings is 1. The van der Waals surface area contributed by atoms with Gasteiger partial charge in [-0.2, -0.15) is 0 Å². The SMILES string of the molecule is C=CCOc1c(C(C)(C)C)cc(C(C)(C)C)cc1[Si](C)(C)C1C2=CC=CCC2CC1CC. The van der Waals surface area contributed by atoms with E-state index in [0.717, 1.165) is 17.6 Å². The van der Waals surface area contributed by atoms with Crippen molar-refractivity contribution < 1.29 is 4.74 Å². The minimum Gasteiger partial charge on any atom is -0.489 e. The highest BCUT2D eigenvalue weighted by atomic mass is 28.3. The quantitative estimate of drug-likeness (QED) is 0.314. The summed E-state index contributed by atoms with van der Waals surface area (Å²) in [5.74, 6) is 2.66. The highest BCUT2D eigenvalue weighted by Gasteiger charge is 2.49. The van der Waals surface area contributed by atoms with Crippen LogP contribution in [0, 0.1) is 11.8 Å². The third-order valence-corrected chi connectivity index (χ3v) is 12.0. The van der Waals surface area contributed by atoms with Crippen LogP contribution in [0.2, 0.25) is 18.6 Å². The molecule has 0 bridgehead atoms. The molecule has 0 saturated heterocycles. The number of fused-ring (bicyclic) bond motifs is 1. The van der Waals surface area contributed by atoms with Crippen molar-refractivity contribution in [2.75, 3.05) is 6.61 Å². The van der Waals surface area contributed by atoms with E-state index >= 15 is 0 Å². The average molecular weight is 451 g/mol. The van der Waals surface area contributed by atoms with E-state index in [1.807, 2.05) is 6.08 Å². The van der Waals surface area contributed by atoms with Crippen LogP contribution < -0.4 is 9.92 Å². The van der Waals surface area contributed by atoms with E-state index in [2.05, 4.69) is 98.5 Å². The molecule has 0 N–H and O–H groups in total. The lowest BCUT2D eigenvalue weighted by Crippen LogP contribution is -2.49. The van der Waals surface area contributed by atoms with E-state index in [9.17, 15) is 0 Å². The lowest BCUT2D eigenvalue weighted by atomic mass is 9.80. The van der Waals surface area contributed by atoms with Crippen molar-refractivity contribution in [3.63, 3.8) is 0 Å². The molecule has 0 spiro atoms. The van der Waals surface area contributed by atoms with Crippen LogP contribution in [0.3, 0.4) is 0 Å². The summed E-state index contributed by atoms with van der Waals surface area (Å²) in [4.78, 5) is 0. The fourth-order valence-electron chi connectivity index (χ4n) is 6.03. The summed E-state index contributed by atoms with van der Waals surface area (Å²) < 4.78 is 6.55. The molecule has 2 heteroatoms. The van der Waals surface area contributed by atoms with Crippen molar-refractivity contribution in [1.82, 2.24) is 0 Å². The summed E-state index contributed by atoms with van der Waals surface area (Å²) >= 11 is 0. The lowest BCUT2D eigenvalue weighted by molar-refractivity contribution is 0.353. The van der Waals surface area contributed by atoms with Gasteiger partial charge in [-0.15, -0.1) is 0 Å². The van der Waals surface area contributed by atoms with Gasteiger partial charge in [0, 0.05) is 0 Å². The average Bonchev–Trinajstić information content (AvgIpc) is 3.09. The number of allylic oxidation sites excluding steroid dienone is 4. The Balaban J connectivity index is 2.28. The van der Waals surface area contributed by atoms with Gasteiger partial charge in [-0.05, 0) is 57.4 Å². The molecule has 3 atom stereocenters. The Morgan fingerprint density at radius 1 is 1.09 bits per heavy atom. The third-order valence-electron chi connectivity index (χ3n) is 7.84. The van der Waals surface area contributed by atoms with E-state index in [1.54, 1.807) is 5.57 Å². The third kappa shape index (κ3) is 4.71. The fraction of sp³-hybridized carbons (Fsp3) is 0.600. The van der Waals surface area contributed by atoms with Gasteiger partial charge in [-0.1, -0.05) is 117 Å². The van der Waals surface area contributed by atoms with E-state index in [-0.39, 0.29) is 10.8 Å². The van der Waals surface area contributed by atoms with Gasteiger partial charge in [-0.3, -0.25) is 0 Å². The minimum absolute atomic E-state index is 0.0200. The van der Waals surface area contributed by atoms with Crippen molar-refractivity contribution in [2.24, 2.45) is 11.8 Å². The maximum atomic E-state index is 6.55. The molecule has 32 heavy (non-hydrogen) atoms. The van der Waals surface area contributed by atoms with Crippen LogP contribution in [0.15, 0.2) is 48.6 Å². The summed E-state index contributed by atoms with van der Waals surface area (Å²) in [5.41, 5.74) is 5.31. The zero-order valence-electron chi connectivity index (χ0n) is 22.1. The lowest BCUT2D eigenvalue weighted by Gasteiger charge is -2.39. The van der Waals surface area contributed by atoms with Gasteiger partial charge in [-0.25, -0.2) is 0 Å². The molecule has 0 aromatic heterocycles. The Morgan fingerprint density at radius 2 is 1.78 bits per heavy atom. The van der Waals surface area contributed by atoms with Gasteiger partial charge in [0.15, 0.2) is 0 Å². The molecule has 1 aromatic rings. The topological polar surface area (TPSA) is 9.23 Å². The standard InChI is InChI=1S/C30H46OSi/c1-11-17-31-27-25(30(6,7)8)19-23(29(3,4)5)20-26(27)32(9,10)28-21(12-2)18-22-15-13-14-16-24(22)28/h11,13-14,16,19-22,28H,1,12,15,17-18H2,2-10H3.